The summed E-state index contributed by atoms with van der Waals surface area (Å²) in [4.78, 5) is 11.0. The number of hydrogen-bond donors (Lipinski definition) is 2. The topological polar surface area (TPSA) is 76.0 Å². The van der Waals surface area contributed by atoms with E-state index in [1.807, 2.05) is 0 Å². The SMILES string of the molecule is COC(=O)C(O)c1cccc(OC)c1O. The largest absolute Gasteiger partial charge is 0.504 e. The molecule has 0 aromatic heterocycles. The molecule has 1 atom stereocenters. The average molecular weight is 212 g/mol. The van der Waals surface area contributed by atoms with Gasteiger partial charge in [-0.2, -0.15) is 0 Å². The first kappa shape index (κ1) is 11.3. The van der Waals surface area contributed by atoms with Gasteiger partial charge in [-0.15, -0.1) is 0 Å². The van der Waals surface area contributed by atoms with E-state index in [4.69, 9.17) is 4.74 Å². The van der Waals surface area contributed by atoms with E-state index in [0.717, 1.165) is 7.11 Å². The molecule has 15 heavy (non-hydrogen) atoms. The fourth-order valence-electron chi connectivity index (χ4n) is 1.16. The third kappa shape index (κ3) is 2.19. The molecule has 0 aliphatic carbocycles. The van der Waals surface area contributed by atoms with Gasteiger partial charge in [0.2, 0.25) is 0 Å². The highest BCUT2D eigenvalue weighted by Crippen LogP contribution is 2.33. The van der Waals surface area contributed by atoms with Crippen molar-refractivity contribution in [3.05, 3.63) is 23.8 Å². The number of phenolic OH excluding ortho intramolecular Hbond substituents is 1. The molecule has 0 amide bonds. The van der Waals surface area contributed by atoms with E-state index in [0.29, 0.717) is 0 Å². The number of aliphatic hydroxyl groups is 1. The minimum absolute atomic E-state index is 0.0567. The fraction of sp³-hybridized carbons (Fsp3) is 0.300. The summed E-state index contributed by atoms with van der Waals surface area (Å²) in [5.74, 6) is -0.910. The third-order valence-electron chi connectivity index (χ3n) is 1.97. The van der Waals surface area contributed by atoms with Gasteiger partial charge < -0.3 is 19.7 Å². The fourth-order valence-corrected chi connectivity index (χ4v) is 1.16. The summed E-state index contributed by atoms with van der Waals surface area (Å²) in [6.45, 7) is 0. The third-order valence-corrected chi connectivity index (χ3v) is 1.97. The minimum Gasteiger partial charge on any atom is -0.504 e. The van der Waals surface area contributed by atoms with E-state index in [1.54, 1.807) is 6.07 Å². The summed E-state index contributed by atoms with van der Waals surface area (Å²) in [5, 5.41) is 19.1. The van der Waals surface area contributed by atoms with Crippen LogP contribution in [0.15, 0.2) is 18.2 Å². The molecular formula is C10H12O5. The number of hydrogen-bond acceptors (Lipinski definition) is 5. The van der Waals surface area contributed by atoms with Gasteiger partial charge in [0.05, 0.1) is 14.2 Å². The van der Waals surface area contributed by atoms with Crippen molar-refractivity contribution in [2.75, 3.05) is 14.2 Å². The Kier molecular flexibility index (Phi) is 3.51. The predicted octanol–water partition coefficient (Wildman–Crippen LogP) is 0.607. The van der Waals surface area contributed by atoms with Crippen LogP contribution in [0.25, 0.3) is 0 Å². The number of ether oxygens (including phenoxy) is 2. The lowest BCUT2D eigenvalue weighted by Gasteiger charge is -2.12. The number of aliphatic hydroxyl groups excluding tert-OH is 1. The van der Waals surface area contributed by atoms with Crippen LogP contribution in [0.5, 0.6) is 11.5 Å². The van der Waals surface area contributed by atoms with Gasteiger partial charge >= 0.3 is 5.97 Å². The van der Waals surface area contributed by atoms with Crippen molar-refractivity contribution in [1.82, 2.24) is 0 Å². The minimum atomic E-state index is -1.51. The average Bonchev–Trinajstić information content (AvgIpc) is 2.27. The number of methoxy groups -OCH3 is 2. The molecule has 0 fully saturated rings. The molecule has 0 aliphatic rings. The Morgan fingerprint density at radius 1 is 1.40 bits per heavy atom. The van der Waals surface area contributed by atoms with E-state index in [-0.39, 0.29) is 17.1 Å². The van der Waals surface area contributed by atoms with Crippen LogP contribution >= 0.6 is 0 Å². The van der Waals surface area contributed by atoms with Gasteiger partial charge in [-0.05, 0) is 6.07 Å². The maximum atomic E-state index is 11.0. The molecule has 5 nitrogen and oxygen atoms in total. The normalized spacial score (nSPS) is 11.9. The smallest absolute Gasteiger partial charge is 0.339 e. The highest BCUT2D eigenvalue weighted by Gasteiger charge is 2.22. The van der Waals surface area contributed by atoms with Crippen molar-refractivity contribution >= 4 is 5.97 Å². The van der Waals surface area contributed by atoms with Gasteiger partial charge in [-0.1, -0.05) is 12.1 Å². The van der Waals surface area contributed by atoms with Gasteiger partial charge in [0, 0.05) is 5.56 Å². The van der Waals surface area contributed by atoms with Crippen LogP contribution in [-0.4, -0.2) is 30.4 Å². The first-order chi connectivity index (χ1) is 7.11. The van der Waals surface area contributed by atoms with Crippen LogP contribution in [0.3, 0.4) is 0 Å². The second-order valence-corrected chi connectivity index (χ2v) is 2.82. The van der Waals surface area contributed by atoms with Crippen LogP contribution in [0.2, 0.25) is 0 Å². The molecular weight excluding hydrogens is 200 g/mol. The van der Waals surface area contributed by atoms with Crippen LogP contribution in [0.1, 0.15) is 11.7 Å². The number of benzene rings is 1. The maximum absolute atomic E-state index is 11.0. The van der Waals surface area contributed by atoms with Gasteiger partial charge in [0.1, 0.15) is 0 Å². The van der Waals surface area contributed by atoms with Crippen molar-refractivity contribution in [2.45, 2.75) is 6.10 Å². The van der Waals surface area contributed by atoms with Crippen molar-refractivity contribution in [3.63, 3.8) is 0 Å². The quantitative estimate of drug-likeness (QED) is 0.718. The van der Waals surface area contributed by atoms with Crippen molar-refractivity contribution < 1.29 is 24.5 Å². The van der Waals surface area contributed by atoms with Gasteiger partial charge in [-0.3, -0.25) is 0 Å². The number of carbonyl (C=O) groups excluding carboxylic acids is 1. The number of para-hydroxylation sites is 1. The Hall–Kier alpha value is -1.75. The summed E-state index contributed by atoms with van der Waals surface area (Å²) < 4.78 is 9.19. The first-order valence-electron chi connectivity index (χ1n) is 4.23. The van der Waals surface area contributed by atoms with Gasteiger partial charge in [0.15, 0.2) is 17.6 Å². The van der Waals surface area contributed by atoms with Gasteiger partial charge in [-0.25, -0.2) is 4.79 Å². The van der Waals surface area contributed by atoms with Crippen LogP contribution in [0, 0.1) is 0 Å². The Balaban J connectivity index is 3.09. The zero-order valence-electron chi connectivity index (χ0n) is 8.43. The Morgan fingerprint density at radius 3 is 2.60 bits per heavy atom. The molecule has 1 unspecified atom stereocenters. The molecule has 0 aliphatic heterocycles. The monoisotopic (exact) mass is 212 g/mol. The number of phenols is 1. The molecule has 1 aromatic rings. The zero-order chi connectivity index (χ0) is 11.4. The number of aromatic hydroxyl groups is 1. The molecule has 0 heterocycles. The van der Waals surface area contributed by atoms with E-state index < -0.39 is 12.1 Å². The second kappa shape index (κ2) is 4.65. The zero-order valence-corrected chi connectivity index (χ0v) is 8.43. The summed E-state index contributed by atoms with van der Waals surface area (Å²) in [5.41, 5.74) is 0.0567. The molecule has 0 spiro atoms. The molecule has 0 radical (unpaired) electrons. The van der Waals surface area contributed by atoms with Crippen molar-refractivity contribution in [3.8, 4) is 11.5 Å². The molecule has 5 heteroatoms. The lowest BCUT2D eigenvalue weighted by molar-refractivity contribution is -0.150. The summed E-state index contributed by atoms with van der Waals surface area (Å²) in [7, 11) is 2.53. The lowest BCUT2D eigenvalue weighted by Crippen LogP contribution is -2.13. The van der Waals surface area contributed by atoms with E-state index >= 15 is 0 Å². The molecule has 0 saturated heterocycles. The van der Waals surface area contributed by atoms with Crippen LogP contribution in [0.4, 0.5) is 0 Å². The van der Waals surface area contributed by atoms with E-state index in [9.17, 15) is 15.0 Å². The molecule has 1 rings (SSSR count). The summed E-state index contributed by atoms with van der Waals surface area (Å²) in [6.07, 6.45) is -1.51. The summed E-state index contributed by atoms with van der Waals surface area (Å²) in [6, 6.07) is 4.49. The second-order valence-electron chi connectivity index (χ2n) is 2.82. The Bertz CT molecular complexity index is 361. The van der Waals surface area contributed by atoms with E-state index in [2.05, 4.69) is 4.74 Å². The predicted molar refractivity (Wildman–Crippen MR) is 51.6 cm³/mol. The Morgan fingerprint density at radius 2 is 2.07 bits per heavy atom. The van der Waals surface area contributed by atoms with Gasteiger partial charge in [0.25, 0.3) is 0 Å². The van der Waals surface area contributed by atoms with Crippen molar-refractivity contribution in [1.29, 1.82) is 0 Å². The number of carbonyl (C=O) groups is 1. The molecule has 0 bridgehead atoms. The van der Waals surface area contributed by atoms with Crippen LogP contribution < -0.4 is 4.74 Å². The number of esters is 1. The van der Waals surface area contributed by atoms with Crippen LogP contribution in [-0.2, 0) is 9.53 Å². The molecule has 1 aromatic carbocycles. The standard InChI is InChI=1S/C10H12O5/c1-14-7-5-3-4-6(8(7)11)9(12)10(13)15-2/h3-5,9,11-12H,1-2H3. The molecule has 0 saturated carbocycles. The Labute approximate surface area is 86.9 Å². The first-order valence-corrected chi connectivity index (χ1v) is 4.23. The van der Waals surface area contributed by atoms with Crippen molar-refractivity contribution in [2.24, 2.45) is 0 Å². The molecule has 82 valence electrons. The summed E-state index contributed by atoms with van der Waals surface area (Å²) >= 11 is 0. The molecule has 2 N–H and O–H groups in total. The number of rotatable bonds is 3. The highest BCUT2D eigenvalue weighted by molar-refractivity contribution is 5.77. The highest BCUT2D eigenvalue weighted by atomic mass is 16.5. The lowest BCUT2D eigenvalue weighted by atomic mass is 10.1. The maximum Gasteiger partial charge on any atom is 0.339 e. The van der Waals surface area contributed by atoms with E-state index in [1.165, 1.54) is 19.2 Å².